The first-order valence-corrected chi connectivity index (χ1v) is 6.00. The number of rotatable bonds is 4. The van der Waals surface area contributed by atoms with Crippen molar-refractivity contribution in [2.24, 2.45) is 0 Å². The second-order valence-corrected chi connectivity index (χ2v) is 5.20. The summed E-state index contributed by atoms with van der Waals surface area (Å²) in [5.41, 5.74) is -0.451. The van der Waals surface area contributed by atoms with Gasteiger partial charge < -0.3 is 15.2 Å². The lowest BCUT2D eigenvalue weighted by atomic mass is 10.1. The van der Waals surface area contributed by atoms with E-state index in [1.54, 1.807) is 20.8 Å². The normalized spacial score (nSPS) is 12.6. The Hall–Kier alpha value is -2.18. The SMILES string of the molecule is CC(C)(C)OC(=O)N[C@H](CC(=O)O)c1ccc(F)cn1. The van der Waals surface area contributed by atoms with Crippen LogP contribution in [0.15, 0.2) is 18.3 Å². The van der Waals surface area contributed by atoms with E-state index in [2.05, 4.69) is 10.3 Å². The van der Waals surface area contributed by atoms with Gasteiger partial charge in [-0.3, -0.25) is 9.78 Å². The number of halogens is 1. The van der Waals surface area contributed by atoms with Gasteiger partial charge in [-0.25, -0.2) is 9.18 Å². The largest absolute Gasteiger partial charge is 0.481 e. The van der Waals surface area contributed by atoms with Gasteiger partial charge in [-0.15, -0.1) is 0 Å². The van der Waals surface area contributed by atoms with Crippen LogP contribution in [-0.4, -0.2) is 27.8 Å². The van der Waals surface area contributed by atoms with Crippen molar-refractivity contribution >= 4 is 12.1 Å². The number of aromatic nitrogens is 1. The Labute approximate surface area is 116 Å². The van der Waals surface area contributed by atoms with Crippen LogP contribution in [0, 0.1) is 5.82 Å². The molecule has 20 heavy (non-hydrogen) atoms. The minimum atomic E-state index is -1.11. The number of carboxylic acids is 1. The molecular weight excluding hydrogens is 267 g/mol. The molecule has 1 heterocycles. The molecule has 0 spiro atoms. The van der Waals surface area contributed by atoms with E-state index in [1.807, 2.05) is 0 Å². The van der Waals surface area contributed by atoms with Crippen molar-refractivity contribution in [1.82, 2.24) is 10.3 Å². The van der Waals surface area contributed by atoms with Crippen LogP contribution >= 0.6 is 0 Å². The zero-order valence-corrected chi connectivity index (χ0v) is 11.5. The molecule has 0 aromatic carbocycles. The average molecular weight is 284 g/mol. The maximum absolute atomic E-state index is 12.8. The molecule has 1 rings (SSSR count). The third-order valence-electron chi connectivity index (χ3n) is 2.18. The highest BCUT2D eigenvalue weighted by Gasteiger charge is 2.23. The molecule has 1 amide bonds. The van der Waals surface area contributed by atoms with Crippen LogP contribution in [0.5, 0.6) is 0 Å². The van der Waals surface area contributed by atoms with Gasteiger partial charge in [0.15, 0.2) is 0 Å². The molecule has 7 heteroatoms. The maximum Gasteiger partial charge on any atom is 0.408 e. The van der Waals surface area contributed by atoms with Crippen molar-refractivity contribution in [3.63, 3.8) is 0 Å². The molecule has 2 N–H and O–H groups in total. The fraction of sp³-hybridized carbons (Fsp3) is 0.462. The van der Waals surface area contributed by atoms with E-state index < -0.39 is 29.5 Å². The molecule has 1 atom stereocenters. The Morgan fingerprint density at radius 1 is 1.45 bits per heavy atom. The third-order valence-corrected chi connectivity index (χ3v) is 2.18. The lowest BCUT2D eigenvalue weighted by Crippen LogP contribution is -2.36. The number of aliphatic carboxylic acids is 1. The van der Waals surface area contributed by atoms with E-state index >= 15 is 0 Å². The summed E-state index contributed by atoms with van der Waals surface area (Å²) in [4.78, 5) is 26.3. The third kappa shape index (κ3) is 5.64. The van der Waals surface area contributed by atoms with Crippen molar-refractivity contribution in [3.05, 3.63) is 29.8 Å². The molecule has 0 saturated carbocycles. The summed E-state index contributed by atoms with van der Waals surface area (Å²) < 4.78 is 17.9. The highest BCUT2D eigenvalue weighted by molar-refractivity contribution is 5.72. The topological polar surface area (TPSA) is 88.5 Å². The first-order chi connectivity index (χ1) is 9.17. The molecule has 1 aromatic heterocycles. The smallest absolute Gasteiger partial charge is 0.408 e. The van der Waals surface area contributed by atoms with E-state index in [0.717, 1.165) is 12.3 Å². The van der Waals surface area contributed by atoms with Crippen molar-refractivity contribution < 1.29 is 23.8 Å². The van der Waals surface area contributed by atoms with E-state index in [1.165, 1.54) is 6.07 Å². The van der Waals surface area contributed by atoms with Crippen molar-refractivity contribution in [2.75, 3.05) is 0 Å². The maximum atomic E-state index is 12.8. The van der Waals surface area contributed by atoms with E-state index in [-0.39, 0.29) is 12.1 Å². The van der Waals surface area contributed by atoms with Crippen LogP contribution < -0.4 is 5.32 Å². The molecule has 6 nitrogen and oxygen atoms in total. The van der Waals surface area contributed by atoms with Crippen LogP contribution in [0.2, 0.25) is 0 Å². The Kier molecular flexibility index (Phi) is 5.01. The second kappa shape index (κ2) is 6.31. The van der Waals surface area contributed by atoms with Crippen molar-refractivity contribution in [2.45, 2.75) is 38.8 Å². The summed E-state index contributed by atoms with van der Waals surface area (Å²) in [7, 11) is 0. The van der Waals surface area contributed by atoms with Crippen LogP contribution in [0.3, 0.4) is 0 Å². The number of hydrogen-bond acceptors (Lipinski definition) is 4. The van der Waals surface area contributed by atoms with Crippen LogP contribution in [0.4, 0.5) is 9.18 Å². The summed E-state index contributed by atoms with van der Waals surface area (Å²) in [6, 6.07) is 1.58. The van der Waals surface area contributed by atoms with E-state index in [0.29, 0.717) is 0 Å². The van der Waals surface area contributed by atoms with Gasteiger partial charge in [0.2, 0.25) is 0 Å². The standard InChI is InChI=1S/C13H17FN2O4/c1-13(2,3)20-12(19)16-10(6-11(17)18)9-5-4-8(14)7-15-9/h4-5,7,10H,6H2,1-3H3,(H,16,19)(H,17,18)/t10-/m1/s1. The molecule has 110 valence electrons. The number of nitrogens with one attached hydrogen (secondary N) is 1. The molecule has 0 radical (unpaired) electrons. The molecule has 0 aliphatic heterocycles. The second-order valence-electron chi connectivity index (χ2n) is 5.20. The lowest BCUT2D eigenvalue weighted by molar-refractivity contribution is -0.137. The fourth-order valence-corrected chi connectivity index (χ4v) is 1.45. The minimum absolute atomic E-state index is 0.250. The summed E-state index contributed by atoms with van der Waals surface area (Å²) in [5, 5.41) is 11.3. The number of carboxylic acid groups (broad SMARTS) is 1. The number of amides is 1. The Bertz CT molecular complexity index is 482. The van der Waals surface area contributed by atoms with E-state index in [4.69, 9.17) is 9.84 Å². The molecule has 0 aliphatic carbocycles. The summed E-state index contributed by atoms with van der Waals surface area (Å²) in [5.74, 6) is -1.66. The number of alkyl carbamates (subject to hydrolysis) is 1. The van der Waals surface area contributed by atoms with Gasteiger partial charge in [0, 0.05) is 0 Å². The van der Waals surface area contributed by atoms with Crippen LogP contribution in [0.25, 0.3) is 0 Å². The highest BCUT2D eigenvalue weighted by Crippen LogP contribution is 2.16. The zero-order chi connectivity index (χ0) is 15.3. The van der Waals surface area contributed by atoms with Gasteiger partial charge in [-0.1, -0.05) is 0 Å². The molecule has 0 fully saturated rings. The molecular formula is C13H17FN2O4. The Morgan fingerprint density at radius 3 is 2.55 bits per heavy atom. The quantitative estimate of drug-likeness (QED) is 0.885. The number of carbonyl (C=O) groups excluding carboxylic acids is 1. The predicted octanol–water partition coefficient (Wildman–Crippen LogP) is 2.26. The predicted molar refractivity (Wildman–Crippen MR) is 68.6 cm³/mol. The number of hydrogen-bond donors (Lipinski definition) is 2. The molecule has 0 aliphatic rings. The summed E-state index contributed by atoms with van der Waals surface area (Å²) in [6.07, 6.45) is -0.173. The number of ether oxygens (including phenoxy) is 1. The number of pyridine rings is 1. The summed E-state index contributed by atoms with van der Waals surface area (Å²) in [6.45, 7) is 5.07. The minimum Gasteiger partial charge on any atom is -0.481 e. The van der Waals surface area contributed by atoms with Gasteiger partial charge in [0.05, 0.1) is 24.4 Å². The summed E-state index contributed by atoms with van der Waals surface area (Å²) >= 11 is 0. The highest BCUT2D eigenvalue weighted by atomic mass is 19.1. The average Bonchev–Trinajstić information content (AvgIpc) is 2.25. The van der Waals surface area contributed by atoms with Crippen molar-refractivity contribution in [1.29, 1.82) is 0 Å². The molecule has 0 unspecified atom stereocenters. The van der Waals surface area contributed by atoms with Crippen molar-refractivity contribution in [3.8, 4) is 0 Å². The van der Waals surface area contributed by atoms with Gasteiger partial charge in [-0.05, 0) is 32.9 Å². The number of nitrogens with zero attached hydrogens (tertiary/aromatic N) is 1. The molecule has 0 bridgehead atoms. The molecule has 1 aromatic rings. The van der Waals surface area contributed by atoms with Gasteiger partial charge >= 0.3 is 12.1 Å². The Morgan fingerprint density at radius 2 is 2.10 bits per heavy atom. The fourth-order valence-electron chi connectivity index (χ4n) is 1.45. The Balaban J connectivity index is 2.82. The van der Waals surface area contributed by atoms with Crippen LogP contribution in [0.1, 0.15) is 38.9 Å². The lowest BCUT2D eigenvalue weighted by Gasteiger charge is -2.22. The van der Waals surface area contributed by atoms with Gasteiger partial charge in [0.1, 0.15) is 11.4 Å². The van der Waals surface area contributed by atoms with E-state index in [9.17, 15) is 14.0 Å². The molecule has 0 saturated heterocycles. The monoisotopic (exact) mass is 284 g/mol. The zero-order valence-electron chi connectivity index (χ0n) is 11.5. The number of carbonyl (C=O) groups is 2. The first kappa shape index (κ1) is 15.9. The van der Waals surface area contributed by atoms with Gasteiger partial charge in [-0.2, -0.15) is 0 Å². The first-order valence-electron chi connectivity index (χ1n) is 6.00. The van der Waals surface area contributed by atoms with Crippen LogP contribution in [-0.2, 0) is 9.53 Å². The van der Waals surface area contributed by atoms with Gasteiger partial charge in [0.25, 0.3) is 0 Å².